The highest BCUT2D eigenvalue weighted by atomic mass is 79.9. The Kier molecular flexibility index (Phi) is 3.76. The number of hydrogen-bond acceptors (Lipinski definition) is 1. The summed E-state index contributed by atoms with van der Waals surface area (Å²) in [6.07, 6.45) is 0.787. The van der Waals surface area contributed by atoms with E-state index in [4.69, 9.17) is 0 Å². The van der Waals surface area contributed by atoms with E-state index in [1.807, 2.05) is 30.3 Å². The quantitative estimate of drug-likeness (QED) is 0.889. The molecule has 1 aliphatic rings. The molecule has 1 N–H and O–H groups in total. The van der Waals surface area contributed by atoms with Crippen molar-refractivity contribution >= 4 is 21.8 Å². The maximum Gasteiger partial charge on any atom is 0.257 e. The highest BCUT2D eigenvalue weighted by molar-refractivity contribution is 9.10. The van der Waals surface area contributed by atoms with Gasteiger partial charge in [-0.05, 0) is 24.1 Å². The third-order valence-electron chi connectivity index (χ3n) is 3.57. The number of benzene rings is 2. The number of carbonyl (C=O) groups is 1. The topological polar surface area (TPSA) is 29.1 Å². The molecule has 2 nitrogen and oxygen atoms in total. The van der Waals surface area contributed by atoms with E-state index in [1.165, 1.54) is 0 Å². The lowest BCUT2D eigenvalue weighted by molar-refractivity contribution is 0.0942. The van der Waals surface area contributed by atoms with E-state index in [1.54, 1.807) is 0 Å². The summed E-state index contributed by atoms with van der Waals surface area (Å²) in [4.78, 5) is 12.0. The molecule has 1 amide bonds. The van der Waals surface area contributed by atoms with Crippen LogP contribution in [0.5, 0.6) is 0 Å². The monoisotopic (exact) mass is 351 g/mol. The first kappa shape index (κ1) is 14.2. The van der Waals surface area contributed by atoms with E-state index in [0.717, 1.165) is 24.1 Å². The normalized spacial score (nSPS) is 20.1. The SMILES string of the molecule is O=C(NC1CC1c1ccccc1)c1c(F)cc(Br)cc1F. The second-order valence-electron chi connectivity index (χ2n) is 5.08. The summed E-state index contributed by atoms with van der Waals surface area (Å²) in [5.74, 6) is -2.22. The maximum atomic E-state index is 13.7. The molecule has 0 radical (unpaired) electrons. The predicted octanol–water partition coefficient (Wildman–Crippen LogP) is 4.01. The molecule has 2 aromatic carbocycles. The molecule has 21 heavy (non-hydrogen) atoms. The van der Waals surface area contributed by atoms with Crippen LogP contribution in [0.4, 0.5) is 8.78 Å². The molecular formula is C16H12BrF2NO. The van der Waals surface area contributed by atoms with Gasteiger partial charge in [0.25, 0.3) is 5.91 Å². The van der Waals surface area contributed by atoms with Gasteiger partial charge in [-0.25, -0.2) is 8.78 Å². The van der Waals surface area contributed by atoms with Crippen LogP contribution in [0.2, 0.25) is 0 Å². The third-order valence-corrected chi connectivity index (χ3v) is 4.03. The Morgan fingerprint density at radius 1 is 1.14 bits per heavy atom. The van der Waals surface area contributed by atoms with Crippen LogP contribution < -0.4 is 5.32 Å². The second-order valence-corrected chi connectivity index (χ2v) is 5.99. The van der Waals surface area contributed by atoms with Crippen molar-refractivity contribution in [3.63, 3.8) is 0 Å². The minimum absolute atomic E-state index is 0.0673. The van der Waals surface area contributed by atoms with Crippen molar-refractivity contribution < 1.29 is 13.6 Å². The molecule has 0 spiro atoms. The summed E-state index contributed by atoms with van der Waals surface area (Å²) in [5, 5.41) is 2.69. The second kappa shape index (κ2) is 5.56. The van der Waals surface area contributed by atoms with Gasteiger partial charge in [-0.2, -0.15) is 0 Å². The van der Waals surface area contributed by atoms with Gasteiger partial charge in [0, 0.05) is 16.4 Å². The van der Waals surface area contributed by atoms with Crippen LogP contribution in [0.3, 0.4) is 0 Å². The Bertz CT molecular complexity index is 667. The first-order valence-electron chi connectivity index (χ1n) is 6.56. The average Bonchev–Trinajstić information content (AvgIpc) is 3.17. The van der Waals surface area contributed by atoms with Gasteiger partial charge in [0.05, 0.1) is 0 Å². The van der Waals surface area contributed by atoms with Gasteiger partial charge >= 0.3 is 0 Å². The molecule has 1 aliphatic carbocycles. The molecule has 2 unspecified atom stereocenters. The molecule has 108 valence electrons. The zero-order valence-corrected chi connectivity index (χ0v) is 12.5. The number of halogens is 3. The number of nitrogens with one attached hydrogen (secondary N) is 1. The first-order valence-corrected chi connectivity index (χ1v) is 7.36. The van der Waals surface area contributed by atoms with E-state index in [-0.39, 0.29) is 16.4 Å². The summed E-state index contributed by atoms with van der Waals surface area (Å²) in [6.45, 7) is 0. The molecule has 1 saturated carbocycles. The summed E-state index contributed by atoms with van der Waals surface area (Å²) in [7, 11) is 0. The van der Waals surface area contributed by atoms with E-state index < -0.39 is 23.1 Å². The molecule has 0 heterocycles. The lowest BCUT2D eigenvalue weighted by Gasteiger charge is -2.07. The van der Waals surface area contributed by atoms with Crippen molar-refractivity contribution in [1.29, 1.82) is 0 Å². The zero-order chi connectivity index (χ0) is 15.0. The Balaban J connectivity index is 1.72. The van der Waals surface area contributed by atoms with Crippen molar-refractivity contribution in [1.82, 2.24) is 5.32 Å². The van der Waals surface area contributed by atoms with Gasteiger partial charge in [0.2, 0.25) is 0 Å². The number of rotatable bonds is 3. The van der Waals surface area contributed by atoms with Crippen LogP contribution in [0.15, 0.2) is 46.9 Å². The lowest BCUT2D eigenvalue weighted by atomic mass is 10.1. The van der Waals surface area contributed by atoms with Crippen LogP contribution >= 0.6 is 15.9 Å². The standard InChI is InChI=1S/C16H12BrF2NO/c17-10-6-12(18)15(13(19)7-10)16(21)20-14-8-11(14)9-4-2-1-3-5-9/h1-7,11,14H,8H2,(H,20,21). The zero-order valence-electron chi connectivity index (χ0n) is 10.9. The Morgan fingerprint density at radius 3 is 2.38 bits per heavy atom. The molecule has 3 rings (SSSR count). The van der Waals surface area contributed by atoms with Gasteiger partial charge in [-0.15, -0.1) is 0 Å². The highest BCUT2D eigenvalue weighted by Crippen LogP contribution is 2.40. The molecule has 0 bridgehead atoms. The molecular weight excluding hydrogens is 340 g/mol. The molecule has 0 aromatic heterocycles. The average molecular weight is 352 g/mol. The summed E-state index contributed by atoms with van der Waals surface area (Å²) in [5.41, 5.74) is 0.594. The number of amides is 1. The van der Waals surface area contributed by atoms with Gasteiger partial charge in [-0.3, -0.25) is 4.79 Å². The molecule has 1 fully saturated rings. The number of hydrogen-bond donors (Lipinski definition) is 1. The summed E-state index contributed by atoms with van der Waals surface area (Å²) >= 11 is 2.99. The van der Waals surface area contributed by atoms with Crippen LogP contribution in [0.1, 0.15) is 28.3 Å². The van der Waals surface area contributed by atoms with Gasteiger partial charge in [-0.1, -0.05) is 46.3 Å². The fourth-order valence-corrected chi connectivity index (χ4v) is 2.82. The Hall–Kier alpha value is -1.75. The first-order chi connectivity index (χ1) is 10.1. The van der Waals surface area contributed by atoms with Crippen LogP contribution in [0.25, 0.3) is 0 Å². The van der Waals surface area contributed by atoms with Crippen molar-refractivity contribution in [2.45, 2.75) is 18.4 Å². The molecule has 0 saturated heterocycles. The van der Waals surface area contributed by atoms with Crippen molar-refractivity contribution in [3.05, 3.63) is 69.7 Å². The van der Waals surface area contributed by atoms with Crippen LogP contribution in [0, 0.1) is 11.6 Å². The molecule has 0 aliphatic heterocycles. The predicted molar refractivity (Wildman–Crippen MR) is 79.1 cm³/mol. The Morgan fingerprint density at radius 2 is 1.76 bits per heavy atom. The van der Waals surface area contributed by atoms with E-state index in [2.05, 4.69) is 21.2 Å². The van der Waals surface area contributed by atoms with Crippen LogP contribution in [-0.4, -0.2) is 11.9 Å². The van der Waals surface area contributed by atoms with Gasteiger partial charge in [0.1, 0.15) is 17.2 Å². The fraction of sp³-hybridized carbons (Fsp3) is 0.188. The van der Waals surface area contributed by atoms with E-state index in [0.29, 0.717) is 0 Å². The summed E-state index contributed by atoms with van der Waals surface area (Å²) < 4.78 is 27.7. The lowest BCUT2D eigenvalue weighted by Crippen LogP contribution is -2.28. The van der Waals surface area contributed by atoms with Gasteiger partial charge in [0.15, 0.2) is 0 Å². The molecule has 2 atom stereocenters. The van der Waals surface area contributed by atoms with Crippen LogP contribution in [-0.2, 0) is 0 Å². The van der Waals surface area contributed by atoms with Crippen molar-refractivity contribution in [2.24, 2.45) is 0 Å². The minimum Gasteiger partial charge on any atom is -0.348 e. The molecule has 2 aromatic rings. The largest absolute Gasteiger partial charge is 0.348 e. The minimum atomic E-state index is -0.865. The van der Waals surface area contributed by atoms with E-state index in [9.17, 15) is 13.6 Å². The number of carbonyl (C=O) groups excluding carboxylic acids is 1. The smallest absolute Gasteiger partial charge is 0.257 e. The highest BCUT2D eigenvalue weighted by Gasteiger charge is 2.40. The third kappa shape index (κ3) is 2.97. The maximum absolute atomic E-state index is 13.7. The fourth-order valence-electron chi connectivity index (χ4n) is 2.42. The van der Waals surface area contributed by atoms with Crippen molar-refractivity contribution in [3.8, 4) is 0 Å². The Labute approximate surface area is 129 Å². The summed E-state index contributed by atoms with van der Waals surface area (Å²) in [6, 6.07) is 11.9. The van der Waals surface area contributed by atoms with Gasteiger partial charge < -0.3 is 5.32 Å². The van der Waals surface area contributed by atoms with E-state index >= 15 is 0 Å². The molecule has 5 heteroatoms. The van der Waals surface area contributed by atoms with Crippen molar-refractivity contribution in [2.75, 3.05) is 0 Å².